The molecule has 0 amide bonds. The summed E-state index contributed by atoms with van der Waals surface area (Å²) >= 11 is 12.7. The van der Waals surface area contributed by atoms with Crippen LogP contribution in [0.5, 0.6) is 0 Å². The summed E-state index contributed by atoms with van der Waals surface area (Å²) in [6.07, 6.45) is 2.00. The Morgan fingerprint density at radius 3 is 2.58 bits per heavy atom. The molecule has 0 radical (unpaired) electrons. The molecule has 2 saturated heterocycles. The molecule has 8 nitrogen and oxygen atoms in total. The number of aromatic nitrogens is 3. The van der Waals surface area contributed by atoms with Crippen LogP contribution >= 0.6 is 23.2 Å². The summed E-state index contributed by atoms with van der Waals surface area (Å²) in [5.41, 5.74) is 2.03. The third-order valence-electron chi connectivity index (χ3n) is 8.21. The van der Waals surface area contributed by atoms with Gasteiger partial charge in [0.1, 0.15) is 29.3 Å². The average Bonchev–Trinajstić information content (AvgIpc) is 3.52. The largest absolute Gasteiger partial charge is 0.417 e. The van der Waals surface area contributed by atoms with Crippen LogP contribution in [0.25, 0.3) is 11.0 Å². The van der Waals surface area contributed by atoms with Crippen molar-refractivity contribution in [2.24, 2.45) is 0 Å². The summed E-state index contributed by atoms with van der Waals surface area (Å²) in [5, 5.41) is 1.75. The van der Waals surface area contributed by atoms with Crippen molar-refractivity contribution in [2.45, 2.75) is 95.9 Å². The molecular weight excluding hydrogens is 569 g/mol. The molecule has 0 bridgehead atoms. The van der Waals surface area contributed by atoms with Gasteiger partial charge >= 0.3 is 0 Å². The van der Waals surface area contributed by atoms with Crippen LogP contribution in [-0.4, -0.2) is 59.3 Å². The number of Topliss-reactive ketones (excluding diaryl/α,β-unsaturated/α-hetero) is 1. The maximum Gasteiger partial charge on any atom is 0.194 e. The van der Waals surface area contributed by atoms with E-state index in [-0.39, 0.29) is 10.8 Å². The van der Waals surface area contributed by atoms with Crippen LogP contribution in [0, 0.1) is 0 Å². The molecule has 0 N–H and O–H groups in total. The fourth-order valence-electron chi connectivity index (χ4n) is 5.13. The molecule has 216 valence electrons. The number of hydrogen-bond acceptors (Lipinski definition) is 7. The second-order valence-electron chi connectivity index (χ2n) is 12.5. The zero-order valence-electron chi connectivity index (χ0n) is 24.0. The molecule has 4 heterocycles. The lowest BCUT2D eigenvalue weighted by Crippen LogP contribution is -2.41. The zero-order chi connectivity index (χ0) is 29.0. The molecule has 2 aliphatic heterocycles. The van der Waals surface area contributed by atoms with E-state index in [0.717, 1.165) is 12.0 Å². The Hall–Kier alpha value is -1.85. The van der Waals surface area contributed by atoms with E-state index in [4.69, 9.17) is 41.8 Å². The lowest BCUT2D eigenvalue weighted by atomic mass is 9.94. The highest BCUT2D eigenvalue weighted by Gasteiger charge is 2.58. The third-order valence-corrected chi connectivity index (χ3v) is 13.3. The van der Waals surface area contributed by atoms with Crippen molar-refractivity contribution in [2.75, 3.05) is 6.61 Å². The quantitative estimate of drug-likeness (QED) is 0.118. The number of carbonyl (C=O) groups is 1. The maximum atomic E-state index is 14.1. The Balaban J connectivity index is 1.39. The minimum atomic E-state index is -1.86. The summed E-state index contributed by atoms with van der Waals surface area (Å²) in [4.78, 5) is 22.6. The number of halogens is 2. The van der Waals surface area contributed by atoms with E-state index in [0.29, 0.717) is 39.8 Å². The SMILES string of the molecule is CC1(C)OC2C(C(=O)c3ccc(Cl)cc3CCCO[Si](C)(C)C(C)(C)C)OC(n3ccc4c(Cl)ncnc43)C2O1. The number of aryl methyl sites for hydroxylation is 1. The van der Waals surface area contributed by atoms with Gasteiger partial charge in [-0.05, 0) is 74.7 Å². The molecular formula is C29H37Cl2N3O5Si. The van der Waals surface area contributed by atoms with E-state index in [9.17, 15) is 4.79 Å². The third kappa shape index (κ3) is 5.62. The molecule has 2 fully saturated rings. The van der Waals surface area contributed by atoms with Crippen LogP contribution in [0.3, 0.4) is 0 Å². The molecule has 2 aliphatic rings. The van der Waals surface area contributed by atoms with Crippen LogP contribution in [0.15, 0.2) is 36.8 Å². The molecule has 3 aromatic rings. The topological polar surface area (TPSA) is 84.7 Å². The normalized spacial score (nSPS) is 24.5. The lowest BCUT2D eigenvalue weighted by Gasteiger charge is -2.36. The Bertz CT molecular complexity index is 1420. The molecule has 4 atom stereocenters. The Morgan fingerprint density at radius 1 is 1.12 bits per heavy atom. The van der Waals surface area contributed by atoms with E-state index in [1.807, 2.05) is 36.7 Å². The number of nitrogens with zero attached hydrogens (tertiary/aromatic N) is 3. The van der Waals surface area contributed by atoms with E-state index in [2.05, 4.69) is 43.8 Å². The number of benzene rings is 1. The van der Waals surface area contributed by atoms with Gasteiger partial charge in [-0.2, -0.15) is 0 Å². The predicted octanol–water partition coefficient (Wildman–Crippen LogP) is 6.99. The van der Waals surface area contributed by atoms with Gasteiger partial charge in [0.25, 0.3) is 0 Å². The number of ether oxygens (including phenoxy) is 3. The van der Waals surface area contributed by atoms with Crippen molar-refractivity contribution < 1.29 is 23.4 Å². The van der Waals surface area contributed by atoms with Crippen LogP contribution in [0.4, 0.5) is 0 Å². The fraction of sp³-hybridized carbons (Fsp3) is 0.552. The molecule has 0 spiro atoms. The number of carbonyl (C=O) groups excluding carboxylic acids is 1. The summed E-state index contributed by atoms with van der Waals surface area (Å²) in [7, 11) is -1.86. The zero-order valence-corrected chi connectivity index (χ0v) is 26.5. The highest BCUT2D eigenvalue weighted by Crippen LogP contribution is 2.45. The van der Waals surface area contributed by atoms with Crippen molar-refractivity contribution in [1.29, 1.82) is 0 Å². The first kappa shape index (κ1) is 29.6. The monoisotopic (exact) mass is 605 g/mol. The molecule has 5 rings (SSSR count). The van der Waals surface area contributed by atoms with Gasteiger partial charge in [0.15, 0.2) is 32.2 Å². The lowest BCUT2D eigenvalue weighted by molar-refractivity contribution is -0.190. The highest BCUT2D eigenvalue weighted by molar-refractivity contribution is 6.74. The summed E-state index contributed by atoms with van der Waals surface area (Å²) in [6.45, 7) is 15.5. The van der Waals surface area contributed by atoms with Gasteiger partial charge in [0.2, 0.25) is 0 Å². The van der Waals surface area contributed by atoms with Gasteiger partial charge in [-0.25, -0.2) is 9.97 Å². The van der Waals surface area contributed by atoms with Crippen molar-refractivity contribution in [3.63, 3.8) is 0 Å². The van der Waals surface area contributed by atoms with Gasteiger partial charge in [-0.1, -0.05) is 44.0 Å². The highest BCUT2D eigenvalue weighted by atomic mass is 35.5. The van der Waals surface area contributed by atoms with Crippen molar-refractivity contribution in [3.8, 4) is 0 Å². The standard InChI is InChI=1S/C29H37Cl2N3O5Si/c1-28(2,3)40(6,7)36-14-8-9-17-15-18(30)10-11-19(17)21(35)22-23-24(39-29(4,5)38-23)27(37-22)34-13-12-20-25(31)32-16-33-26(20)34/h10-13,15-16,22-24,27H,8-9,14H2,1-7H3. The van der Waals surface area contributed by atoms with Crippen LogP contribution < -0.4 is 0 Å². The van der Waals surface area contributed by atoms with Gasteiger partial charge in [0, 0.05) is 23.4 Å². The minimum Gasteiger partial charge on any atom is -0.417 e. The van der Waals surface area contributed by atoms with Crippen LogP contribution in [0.1, 0.15) is 63.2 Å². The van der Waals surface area contributed by atoms with Crippen molar-refractivity contribution in [1.82, 2.24) is 14.5 Å². The van der Waals surface area contributed by atoms with E-state index in [1.54, 1.807) is 12.1 Å². The Kier molecular flexibility index (Phi) is 7.97. The van der Waals surface area contributed by atoms with Crippen molar-refractivity contribution >= 4 is 48.3 Å². The Morgan fingerprint density at radius 2 is 1.85 bits per heavy atom. The molecule has 0 aliphatic carbocycles. The van der Waals surface area contributed by atoms with Gasteiger partial charge in [0.05, 0.1) is 5.39 Å². The molecule has 40 heavy (non-hydrogen) atoms. The van der Waals surface area contributed by atoms with Crippen molar-refractivity contribution in [3.05, 3.63) is 58.1 Å². The molecule has 1 aromatic carbocycles. The number of rotatable bonds is 8. The first-order valence-electron chi connectivity index (χ1n) is 13.6. The number of ketones is 1. The van der Waals surface area contributed by atoms with Crippen LogP contribution in [0.2, 0.25) is 28.3 Å². The van der Waals surface area contributed by atoms with Gasteiger partial charge < -0.3 is 23.2 Å². The summed E-state index contributed by atoms with van der Waals surface area (Å²) in [6, 6.07) is 7.21. The maximum absolute atomic E-state index is 14.1. The first-order valence-corrected chi connectivity index (χ1v) is 17.3. The van der Waals surface area contributed by atoms with Gasteiger partial charge in [-0.15, -0.1) is 0 Å². The van der Waals surface area contributed by atoms with E-state index < -0.39 is 38.6 Å². The molecule has 11 heteroatoms. The molecule has 2 aromatic heterocycles. The predicted molar refractivity (Wildman–Crippen MR) is 158 cm³/mol. The number of fused-ring (bicyclic) bond motifs is 2. The number of hydrogen-bond donors (Lipinski definition) is 0. The van der Waals surface area contributed by atoms with Crippen LogP contribution in [-0.2, 0) is 25.1 Å². The van der Waals surface area contributed by atoms with E-state index >= 15 is 0 Å². The smallest absolute Gasteiger partial charge is 0.194 e. The second kappa shape index (κ2) is 10.8. The first-order chi connectivity index (χ1) is 18.7. The van der Waals surface area contributed by atoms with Gasteiger partial charge in [-0.3, -0.25) is 4.79 Å². The average molecular weight is 607 g/mol. The minimum absolute atomic E-state index is 0.136. The molecule has 0 saturated carbocycles. The summed E-state index contributed by atoms with van der Waals surface area (Å²) < 4.78 is 27.1. The summed E-state index contributed by atoms with van der Waals surface area (Å²) in [5.74, 6) is -1.05. The fourth-order valence-corrected chi connectivity index (χ4v) is 6.60. The second-order valence-corrected chi connectivity index (χ2v) is 18.1. The van der Waals surface area contributed by atoms with E-state index in [1.165, 1.54) is 6.33 Å². The molecule has 4 unspecified atom stereocenters. The Labute approximate surface area is 246 Å².